The number of likely N-dealkylation sites (tertiary alicyclic amines) is 1. The van der Waals surface area contributed by atoms with E-state index in [-0.39, 0.29) is 0 Å². The Bertz CT molecular complexity index is 312. The van der Waals surface area contributed by atoms with E-state index in [1.165, 1.54) is 12.8 Å². The number of imidazole rings is 1. The van der Waals surface area contributed by atoms with Gasteiger partial charge in [-0.25, -0.2) is 4.98 Å². The smallest absolute Gasteiger partial charge is 0.0945 e. The molecule has 0 spiro atoms. The van der Waals surface area contributed by atoms with Crippen LogP contribution in [0.4, 0.5) is 0 Å². The van der Waals surface area contributed by atoms with Crippen LogP contribution in [-0.4, -0.2) is 45.3 Å². The molecule has 0 amide bonds. The van der Waals surface area contributed by atoms with E-state index in [2.05, 4.69) is 21.4 Å². The number of aromatic nitrogens is 2. The predicted octanol–water partition coefficient (Wildman–Crippen LogP) is 1.37. The number of hydrogen-bond donors (Lipinski definition) is 1. The highest BCUT2D eigenvalue weighted by molar-refractivity contribution is 4.81. The summed E-state index contributed by atoms with van der Waals surface area (Å²) in [6.45, 7) is 5.78. The molecule has 0 radical (unpaired) electrons. The first kappa shape index (κ1) is 12.6. The highest BCUT2D eigenvalue weighted by Gasteiger charge is 2.27. The Morgan fingerprint density at radius 1 is 1.41 bits per heavy atom. The van der Waals surface area contributed by atoms with Crippen molar-refractivity contribution in [2.24, 2.45) is 5.92 Å². The lowest BCUT2D eigenvalue weighted by atomic mass is 9.91. The van der Waals surface area contributed by atoms with Crippen LogP contribution in [0.3, 0.4) is 0 Å². The number of rotatable bonds is 5. The second-order valence-electron chi connectivity index (χ2n) is 5.06. The lowest BCUT2D eigenvalue weighted by Gasteiger charge is -2.39. The lowest BCUT2D eigenvalue weighted by Crippen LogP contribution is -2.47. The molecule has 96 valence electrons. The molecule has 1 aromatic rings. The van der Waals surface area contributed by atoms with Crippen LogP contribution < -0.4 is 0 Å². The van der Waals surface area contributed by atoms with Crippen LogP contribution in [0.5, 0.6) is 0 Å². The number of aliphatic hydroxyl groups excluding tert-OH is 1. The van der Waals surface area contributed by atoms with Gasteiger partial charge in [0.05, 0.1) is 12.9 Å². The van der Waals surface area contributed by atoms with E-state index in [1.54, 1.807) is 0 Å². The number of piperidine rings is 1. The van der Waals surface area contributed by atoms with Gasteiger partial charge in [0.15, 0.2) is 0 Å². The zero-order chi connectivity index (χ0) is 12.1. The second kappa shape index (κ2) is 6.17. The summed E-state index contributed by atoms with van der Waals surface area (Å²) in [5, 5.41) is 9.46. The fourth-order valence-corrected chi connectivity index (χ4v) is 2.78. The van der Waals surface area contributed by atoms with Crippen molar-refractivity contribution in [2.75, 3.05) is 19.7 Å². The van der Waals surface area contributed by atoms with Gasteiger partial charge >= 0.3 is 0 Å². The fourth-order valence-electron chi connectivity index (χ4n) is 2.78. The van der Waals surface area contributed by atoms with Crippen LogP contribution in [0.15, 0.2) is 18.7 Å². The summed E-state index contributed by atoms with van der Waals surface area (Å²) in [6, 6.07) is 0.367. The summed E-state index contributed by atoms with van der Waals surface area (Å²) in [4.78, 5) is 6.49. The van der Waals surface area contributed by atoms with Crippen LogP contribution in [-0.2, 0) is 6.54 Å². The first-order valence-corrected chi connectivity index (χ1v) is 6.62. The van der Waals surface area contributed by atoms with Crippen molar-refractivity contribution >= 4 is 0 Å². The molecule has 2 unspecified atom stereocenters. The van der Waals surface area contributed by atoms with Crippen molar-refractivity contribution in [1.82, 2.24) is 14.5 Å². The first-order valence-electron chi connectivity index (χ1n) is 6.62. The normalized spacial score (nSPS) is 26.2. The van der Waals surface area contributed by atoms with Crippen molar-refractivity contribution in [1.29, 1.82) is 0 Å². The monoisotopic (exact) mass is 237 g/mol. The van der Waals surface area contributed by atoms with Gasteiger partial charge in [0.2, 0.25) is 0 Å². The fraction of sp³-hybridized carbons (Fsp3) is 0.769. The molecule has 1 aliphatic heterocycles. The third-order valence-corrected chi connectivity index (χ3v) is 3.84. The maximum atomic E-state index is 9.46. The molecule has 2 heterocycles. The number of hydrogen-bond acceptors (Lipinski definition) is 3. The van der Waals surface area contributed by atoms with Gasteiger partial charge in [-0.1, -0.05) is 6.92 Å². The van der Waals surface area contributed by atoms with Gasteiger partial charge in [-0.15, -0.1) is 0 Å². The van der Waals surface area contributed by atoms with Gasteiger partial charge in [-0.05, 0) is 31.7 Å². The molecule has 0 aromatic carbocycles. The maximum absolute atomic E-state index is 9.46. The SMILES string of the molecule is CC1CCCN(CCCn2ccnc2)C1CO. The van der Waals surface area contributed by atoms with E-state index in [0.29, 0.717) is 18.6 Å². The Morgan fingerprint density at radius 3 is 3.00 bits per heavy atom. The summed E-state index contributed by atoms with van der Waals surface area (Å²) < 4.78 is 2.11. The Morgan fingerprint density at radius 2 is 2.29 bits per heavy atom. The molecule has 17 heavy (non-hydrogen) atoms. The molecule has 4 nitrogen and oxygen atoms in total. The number of aliphatic hydroxyl groups is 1. The topological polar surface area (TPSA) is 41.3 Å². The Labute approximate surface area is 103 Å². The van der Waals surface area contributed by atoms with Gasteiger partial charge < -0.3 is 9.67 Å². The third kappa shape index (κ3) is 3.30. The van der Waals surface area contributed by atoms with Crippen molar-refractivity contribution < 1.29 is 5.11 Å². The van der Waals surface area contributed by atoms with Gasteiger partial charge in [0, 0.05) is 31.5 Å². The van der Waals surface area contributed by atoms with E-state index in [1.807, 2.05) is 18.7 Å². The van der Waals surface area contributed by atoms with E-state index in [4.69, 9.17) is 0 Å². The zero-order valence-electron chi connectivity index (χ0n) is 10.6. The Kier molecular flexibility index (Phi) is 4.57. The van der Waals surface area contributed by atoms with Crippen molar-refractivity contribution in [3.8, 4) is 0 Å². The van der Waals surface area contributed by atoms with Gasteiger partial charge in [-0.3, -0.25) is 4.90 Å². The molecule has 0 saturated carbocycles. The van der Waals surface area contributed by atoms with Crippen LogP contribution in [0.25, 0.3) is 0 Å². The quantitative estimate of drug-likeness (QED) is 0.841. The van der Waals surface area contributed by atoms with E-state index in [9.17, 15) is 5.11 Å². The molecule has 2 rings (SSSR count). The summed E-state index contributed by atoms with van der Waals surface area (Å²) in [5.74, 6) is 0.627. The van der Waals surface area contributed by atoms with Crippen LogP contribution in [0.1, 0.15) is 26.2 Å². The van der Waals surface area contributed by atoms with Gasteiger partial charge in [0.1, 0.15) is 0 Å². The molecular formula is C13H23N3O. The average molecular weight is 237 g/mol. The average Bonchev–Trinajstić information content (AvgIpc) is 2.82. The van der Waals surface area contributed by atoms with Crippen molar-refractivity contribution in [2.45, 2.75) is 38.8 Å². The highest BCUT2D eigenvalue weighted by atomic mass is 16.3. The predicted molar refractivity (Wildman–Crippen MR) is 67.7 cm³/mol. The van der Waals surface area contributed by atoms with Gasteiger partial charge in [0.25, 0.3) is 0 Å². The lowest BCUT2D eigenvalue weighted by molar-refractivity contribution is 0.0514. The largest absolute Gasteiger partial charge is 0.395 e. The van der Waals surface area contributed by atoms with E-state index in [0.717, 1.165) is 26.1 Å². The van der Waals surface area contributed by atoms with Crippen LogP contribution in [0.2, 0.25) is 0 Å². The minimum absolute atomic E-state index is 0.298. The van der Waals surface area contributed by atoms with Crippen LogP contribution in [0, 0.1) is 5.92 Å². The number of nitrogens with zero attached hydrogens (tertiary/aromatic N) is 3. The molecule has 1 aliphatic rings. The van der Waals surface area contributed by atoms with Crippen LogP contribution >= 0.6 is 0 Å². The number of aryl methyl sites for hydroxylation is 1. The molecule has 2 atom stereocenters. The standard InChI is InChI=1S/C13H23N3O/c1-12-4-2-7-16(13(12)10-17)8-3-6-15-9-5-14-11-15/h5,9,11-13,17H,2-4,6-8,10H2,1H3. The van der Waals surface area contributed by atoms with Crippen molar-refractivity contribution in [3.63, 3.8) is 0 Å². The molecule has 0 aliphatic carbocycles. The molecule has 4 heteroatoms. The molecule has 1 aromatic heterocycles. The minimum atomic E-state index is 0.298. The third-order valence-electron chi connectivity index (χ3n) is 3.84. The second-order valence-corrected chi connectivity index (χ2v) is 5.06. The molecule has 1 fully saturated rings. The zero-order valence-corrected chi connectivity index (χ0v) is 10.6. The summed E-state index contributed by atoms with van der Waals surface area (Å²) in [5.41, 5.74) is 0. The summed E-state index contributed by atoms with van der Waals surface area (Å²) in [6.07, 6.45) is 9.33. The highest BCUT2D eigenvalue weighted by Crippen LogP contribution is 2.22. The molecule has 1 N–H and O–H groups in total. The first-order chi connectivity index (χ1) is 8.31. The molecular weight excluding hydrogens is 214 g/mol. The van der Waals surface area contributed by atoms with Gasteiger partial charge in [-0.2, -0.15) is 0 Å². The minimum Gasteiger partial charge on any atom is -0.395 e. The molecule has 1 saturated heterocycles. The molecule has 0 bridgehead atoms. The summed E-state index contributed by atoms with van der Waals surface area (Å²) >= 11 is 0. The summed E-state index contributed by atoms with van der Waals surface area (Å²) in [7, 11) is 0. The van der Waals surface area contributed by atoms with Crippen molar-refractivity contribution in [3.05, 3.63) is 18.7 Å². The van der Waals surface area contributed by atoms with E-state index >= 15 is 0 Å². The van der Waals surface area contributed by atoms with E-state index < -0.39 is 0 Å². The Hall–Kier alpha value is -0.870. The Balaban J connectivity index is 1.77. The maximum Gasteiger partial charge on any atom is 0.0945 e.